The molecule has 0 saturated carbocycles. The van der Waals surface area contributed by atoms with Crippen LogP contribution in [0.3, 0.4) is 0 Å². The van der Waals surface area contributed by atoms with Crippen molar-refractivity contribution < 1.29 is 24.2 Å². The van der Waals surface area contributed by atoms with E-state index in [4.69, 9.17) is 11.6 Å². The van der Waals surface area contributed by atoms with Crippen molar-refractivity contribution in [1.29, 1.82) is 0 Å². The summed E-state index contributed by atoms with van der Waals surface area (Å²) in [6.07, 6.45) is 1.13. The maximum Gasteiger partial charge on any atom is 0.310 e. The molecule has 2 aliphatic rings. The summed E-state index contributed by atoms with van der Waals surface area (Å²) >= 11 is 5.81. The Bertz CT molecular complexity index is 1070. The van der Waals surface area contributed by atoms with Gasteiger partial charge in [0.2, 0.25) is 5.91 Å². The van der Waals surface area contributed by atoms with Crippen LogP contribution < -0.4 is 0 Å². The quantitative estimate of drug-likeness (QED) is 0.346. The molecular formula is C21H19ClF5NOS. The van der Waals surface area contributed by atoms with E-state index in [0.29, 0.717) is 30.5 Å². The van der Waals surface area contributed by atoms with Crippen LogP contribution in [-0.2, 0) is 11.2 Å². The highest BCUT2D eigenvalue weighted by atomic mass is 35.5. The van der Waals surface area contributed by atoms with Crippen LogP contribution in [0, 0.1) is 0 Å². The number of halogens is 6. The molecule has 2 nitrogen and oxygen atoms in total. The molecule has 2 aromatic carbocycles. The van der Waals surface area contributed by atoms with E-state index in [1.54, 1.807) is 4.90 Å². The average Bonchev–Trinajstić information content (AvgIpc) is 3.03. The van der Waals surface area contributed by atoms with Crippen LogP contribution in [-0.4, -0.2) is 22.7 Å². The first kappa shape index (κ1) is 21.2. The fourth-order valence-corrected chi connectivity index (χ4v) is 5.29. The third-order valence-corrected chi connectivity index (χ3v) is 7.13. The van der Waals surface area contributed by atoms with Crippen LogP contribution in [0.5, 0.6) is 0 Å². The Balaban J connectivity index is 1.84. The van der Waals surface area contributed by atoms with Crippen molar-refractivity contribution in [3.05, 3.63) is 70.8 Å². The van der Waals surface area contributed by atoms with Gasteiger partial charge < -0.3 is 4.90 Å². The van der Waals surface area contributed by atoms with Gasteiger partial charge >= 0.3 is 10.2 Å². The van der Waals surface area contributed by atoms with E-state index in [2.05, 4.69) is 0 Å². The fourth-order valence-electron chi connectivity index (χ4n) is 4.50. The highest BCUT2D eigenvalue weighted by molar-refractivity contribution is 8.45. The third kappa shape index (κ3) is 3.60. The summed E-state index contributed by atoms with van der Waals surface area (Å²) in [6.45, 7) is 1.85. The van der Waals surface area contributed by atoms with E-state index in [9.17, 15) is 24.2 Å². The number of fused-ring (bicyclic) bond motifs is 2. The first-order valence-electron chi connectivity index (χ1n) is 9.31. The van der Waals surface area contributed by atoms with Crippen LogP contribution in [0.1, 0.15) is 36.1 Å². The number of carbonyl (C=O) groups is 1. The van der Waals surface area contributed by atoms with Crippen molar-refractivity contribution in [2.24, 2.45) is 0 Å². The monoisotopic (exact) mass is 463 g/mol. The van der Waals surface area contributed by atoms with Gasteiger partial charge in [0, 0.05) is 6.04 Å². The minimum Gasteiger partial charge on any atom is -0.328 e. The number of hydrogen-bond donors (Lipinski definition) is 0. The summed E-state index contributed by atoms with van der Waals surface area (Å²) in [4.78, 5) is 12.2. The molecule has 2 aromatic rings. The Morgan fingerprint density at radius 1 is 1.07 bits per heavy atom. The average molecular weight is 464 g/mol. The lowest BCUT2D eigenvalue weighted by Crippen LogP contribution is -2.45. The summed E-state index contributed by atoms with van der Waals surface area (Å²) < 4.78 is 65.7. The zero-order chi connectivity index (χ0) is 22.0. The fraction of sp³-hybridized carbons (Fsp3) is 0.286. The summed E-state index contributed by atoms with van der Waals surface area (Å²) in [5, 5.41) is 0. The molecule has 0 N–H and O–H groups in total. The van der Waals surface area contributed by atoms with Crippen molar-refractivity contribution in [1.82, 2.24) is 4.90 Å². The lowest BCUT2D eigenvalue weighted by molar-refractivity contribution is -0.132. The summed E-state index contributed by atoms with van der Waals surface area (Å²) in [5.41, 5.74) is 4.44. The first-order valence-corrected chi connectivity index (χ1v) is 11.8. The number of amides is 1. The Hall–Kier alpha value is -2.06. The smallest absolute Gasteiger partial charge is 0.310 e. The van der Waals surface area contributed by atoms with Gasteiger partial charge in [0.25, 0.3) is 0 Å². The summed E-state index contributed by atoms with van der Waals surface area (Å²) in [7, 11) is -9.77. The van der Waals surface area contributed by atoms with Gasteiger partial charge in [-0.3, -0.25) is 4.79 Å². The number of nitrogens with zero attached hydrogens (tertiary/aromatic N) is 1. The second kappa shape index (κ2) is 6.23. The second-order valence-electron chi connectivity index (χ2n) is 7.77. The molecule has 4 rings (SSSR count). The molecule has 0 radical (unpaired) electrons. The van der Waals surface area contributed by atoms with Crippen LogP contribution in [0.25, 0.3) is 5.57 Å². The van der Waals surface area contributed by atoms with Gasteiger partial charge in [0.15, 0.2) is 0 Å². The predicted molar refractivity (Wildman–Crippen MR) is 109 cm³/mol. The molecule has 0 unspecified atom stereocenters. The Labute approximate surface area is 176 Å². The van der Waals surface area contributed by atoms with Crippen molar-refractivity contribution in [3.8, 4) is 0 Å². The van der Waals surface area contributed by atoms with Crippen molar-refractivity contribution in [2.75, 3.05) is 5.88 Å². The Kier molecular flexibility index (Phi) is 4.40. The molecule has 1 aliphatic carbocycles. The lowest BCUT2D eigenvalue weighted by atomic mass is 9.85. The topological polar surface area (TPSA) is 20.3 Å². The van der Waals surface area contributed by atoms with E-state index in [-0.39, 0.29) is 17.8 Å². The van der Waals surface area contributed by atoms with E-state index < -0.39 is 21.2 Å². The van der Waals surface area contributed by atoms with E-state index in [0.717, 1.165) is 34.4 Å². The lowest BCUT2D eigenvalue weighted by Gasteiger charge is -2.43. The molecule has 1 aliphatic heterocycles. The molecule has 2 atom stereocenters. The molecule has 1 amide bonds. The maximum absolute atomic E-state index is 13.1. The molecule has 162 valence electrons. The standard InChI is InChI=1S/C21H19ClF5NOS/c1-13-10-18-17-5-3-2-4-15(17)11-19(18)21(28(13)20(29)12-22)14-6-8-16(9-7-14)30(23,24,25,26)27/h2-9,13,21H,10-12H2,1H3/t13-,21-/m0/s1. The van der Waals surface area contributed by atoms with Gasteiger partial charge in [0.05, 0.1) is 6.04 Å². The molecule has 1 heterocycles. The number of rotatable bonds is 3. The van der Waals surface area contributed by atoms with Gasteiger partial charge in [-0.25, -0.2) is 0 Å². The molecule has 0 fully saturated rings. The molecule has 0 spiro atoms. The van der Waals surface area contributed by atoms with E-state index in [1.807, 2.05) is 31.2 Å². The van der Waals surface area contributed by atoms with Crippen molar-refractivity contribution in [3.63, 3.8) is 0 Å². The highest BCUT2D eigenvalue weighted by Gasteiger charge is 2.65. The maximum atomic E-state index is 13.1. The number of alkyl halides is 1. The van der Waals surface area contributed by atoms with Crippen LogP contribution in [0.15, 0.2) is 59.0 Å². The second-order valence-corrected chi connectivity index (χ2v) is 10.4. The highest BCUT2D eigenvalue weighted by Crippen LogP contribution is 3.02. The van der Waals surface area contributed by atoms with E-state index in [1.165, 1.54) is 0 Å². The summed E-state index contributed by atoms with van der Waals surface area (Å²) in [5.74, 6) is -0.631. The van der Waals surface area contributed by atoms with Gasteiger partial charge in [-0.05, 0) is 59.7 Å². The van der Waals surface area contributed by atoms with Crippen LogP contribution >= 0.6 is 21.8 Å². The van der Waals surface area contributed by atoms with Crippen molar-refractivity contribution in [2.45, 2.75) is 36.7 Å². The molecule has 0 bridgehead atoms. The Morgan fingerprint density at radius 3 is 2.30 bits per heavy atom. The van der Waals surface area contributed by atoms with Gasteiger partial charge in [-0.1, -0.05) is 55.8 Å². The van der Waals surface area contributed by atoms with Gasteiger partial charge in [-0.2, -0.15) is 0 Å². The van der Waals surface area contributed by atoms with Crippen LogP contribution in [0.2, 0.25) is 0 Å². The molecule has 30 heavy (non-hydrogen) atoms. The van der Waals surface area contributed by atoms with E-state index >= 15 is 0 Å². The normalized spacial score (nSPS) is 23.5. The number of carbonyl (C=O) groups excluding carboxylic acids is 1. The minimum atomic E-state index is -9.77. The zero-order valence-electron chi connectivity index (χ0n) is 15.9. The first-order chi connectivity index (χ1) is 13.8. The third-order valence-electron chi connectivity index (χ3n) is 5.74. The zero-order valence-corrected chi connectivity index (χ0v) is 17.5. The van der Waals surface area contributed by atoms with Gasteiger partial charge in [0.1, 0.15) is 10.8 Å². The molecular weight excluding hydrogens is 445 g/mol. The molecule has 0 saturated heterocycles. The summed E-state index contributed by atoms with van der Waals surface area (Å²) in [6, 6.07) is 9.75. The largest absolute Gasteiger partial charge is 0.328 e. The minimum absolute atomic E-state index is 0.249. The SMILES string of the molecule is C[C@H]1CC2=C(Cc3ccccc32)[C@H](c2ccc(S(F)(F)(F)(F)F)cc2)N1C(=O)CCl. The van der Waals surface area contributed by atoms with Crippen LogP contribution in [0.4, 0.5) is 19.4 Å². The number of benzene rings is 2. The van der Waals surface area contributed by atoms with Crippen molar-refractivity contribution >= 4 is 33.3 Å². The number of hydrogen-bond acceptors (Lipinski definition) is 1. The Morgan fingerprint density at radius 2 is 1.70 bits per heavy atom. The molecule has 9 heteroatoms. The van der Waals surface area contributed by atoms with Gasteiger partial charge in [-0.15, -0.1) is 11.6 Å². The predicted octanol–water partition coefficient (Wildman–Crippen LogP) is 7.25. The molecule has 0 aromatic heterocycles.